The molecule has 0 unspecified atom stereocenters. The molecule has 2 aromatic carbocycles. The van der Waals surface area contributed by atoms with Gasteiger partial charge in [0.1, 0.15) is 12.1 Å². The molecule has 0 N–H and O–H groups in total. The van der Waals surface area contributed by atoms with Crippen LogP contribution in [0.4, 0.5) is 0 Å². The predicted octanol–water partition coefficient (Wildman–Crippen LogP) is 3.29. The zero-order valence-electron chi connectivity index (χ0n) is 20.7. The predicted molar refractivity (Wildman–Crippen MR) is 136 cm³/mol. The Morgan fingerprint density at radius 3 is 1.86 bits per heavy atom. The minimum absolute atomic E-state index is 0.0744. The first kappa shape index (κ1) is 24.7. The van der Waals surface area contributed by atoms with Gasteiger partial charge in [-0.25, -0.2) is 0 Å². The summed E-state index contributed by atoms with van der Waals surface area (Å²) in [5.41, 5.74) is 1.27. The summed E-state index contributed by atoms with van der Waals surface area (Å²) >= 11 is 0. The van der Waals surface area contributed by atoms with Crippen LogP contribution in [-0.4, -0.2) is 76.0 Å². The fourth-order valence-corrected chi connectivity index (χ4v) is 5.82. The van der Waals surface area contributed by atoms with Crippen molar-refractivity contribution in [2.45, 2.75) is 56.7 Å². The summed E-state index contributed by atoms with van der Waals surface area (Å²) in [6.45, 7) is 1.48. The Morgan fingerprint density at radius 2 is 1.22 bits per heavy atom. The molecule has 3 heterocycles. The highest BCUT2D eigenvalue weighted by Gasteiger charge is 2.41. The summed E-state index contributed by atoms with van der Waals surface area (Å²) < 4.78 is 0. The third-order valence-electron chi connectivity index (χ3n) is 7.71. The molecule has 8 heteroatoms. The number of nitrogens with zero attached hydrogens (tertiary/aromatic N) is 4. The molecule has 3 saturated heterocycles. The van der Waals surface area contributed by atoms with E-state index in [0.29, 0.717) is 62.0 Å². The van der Waals surface area contributed by atoms with Gasteiger partial charge in [-0.3, -0.25) is 19.2 Å². The molecule has 0 radical (unpaired) electrons. The Labute approximate surface area is 216 Å². The molecule has 0 aromatic heterocycles. The van der Waals surface area contributed by atoms with Crippen molar-refractivity contribution in [2.24, 2.45) is 0 Å². The van der Waals surface area contributed by atoms with Crippen LogP contribution >= 0.6 is 0 Å². The van der Waals surface area contributed by atoms with Gasteiger partial charge in [0.05, 0.1) is 12.1 Å². The molecule has 190 valence electrons. The van der Waals surface area contributed by atoms with Crippen molar-refractivity contribution in [3.63, 3.8) is 0 Å². The van der Waals surface area contributed by atoms with E-state index in [1.165, 1.54) is 0 Å². The number of rotatable bonds is 5. The van der Waals surface area contributed by atoms with E-state index in [4.69, 9.17) is 0 Å². The maximum Gasteiger partial charge on any atom is 0.254 e. The van der Waals surface area contributed by atoms with Gasteiger partial charge < -0.3 is 14.7 Å². The van der Waals surface area contributed by atoms with E-state index >= 15 is 0 Å². The normalized spacial score (nSPS) is 23.2. The number of amides is 3. The van der Waals surface area contributed by atoms with E-state index in [2.05, 4.69) is 6.07 Å². The summed E-state index contributed by atoms with van der Waals surface area (Å²) in [5, 5.41) is 9.39. The van der Waals surface area contributed by atoms with E-state index in [9.17, 15) is 24.4 Å². The lowest BCUT2D eigenvalue weighted by atomic mass is 10.0. The first-order valence-electron chi connectivity index (χ1n) is 13.0. The average molecular weight is 499 g/mol. The van der Waals surface area contributed by atoms with Crippen LogP contribution in [0.2, 0.25) is 0 Å². The van der Waals surface area contributed by atoms with Gasteiger partial charge in [0, 0.05) is 36.3 Å². The number of carbonyl (C=O) groups is 4. The van der Waals surface area contributed by atoms with Crippen LogP contribution in [-0.2, 0) is 4.79 Å². The van der Waals surface area contributed by atoms with Crippen LogP contribution < -0.4 is 0 Å². The van der Waals surface area contributed by atoms with Gasteiger partial charge in [0.15, 0.2) is 5.78 Å². The molecule has 3 amide bonds. The first-order valence-corrected chi connectivity index (χ1v) is 13.0. The van der Waals surface area contributed by atoms with Crippen LogP contribution in [0.5, 0.6) is 0 Å². The second kappa shape index (κ2) is 10.6. The van der Waals surface area contributed by atoms with E-state index in [1.54, 1.807) is 51.1 Å². The van der Waals surface area contributed by atoms with Gasteiger partial charge >= 0.3 is 0 Å². The van der Waals surface area contributed by atoms with E-state index in [0.717, 1.165) is 12.8 Å². The number of hydrogen-bond donors (Lipinski definition) is 0. The van der Waals surface area contributed by atoms with Crippen molar-refractivity contribution >= 4 is 23.5 Å². The van der Waals surface area contributed by atoms with Crippen molar-refractivity contribution in [3.8, 4) is 6.07 Å². The zero-order valence-corrected chi connectivity index (χ0v) is 20.7. The maximum absolute atomic E-state index is 13.5. The quantitative estimate of drug-likeness (QED) is 0.589. The Kier molecular flexibility index (Phi) is 7.04. The fraction of sp³-hybridized carbons (Fsp3) is 0.414. The largest absolute Gasteiger partial charge is 0.328 e. The molecule has 0 bridgehead atoms. The minimum Gasteiger partial charge on any atom is -0.328 e. The molecule has 2 aromatic rings. The van der Waals surface area contributed by atoms with Gasteiger partial charge in [0.2, 0.25) is 5.91 Å². The van der Waals surface area contributed by atoms with Gasteiger partial charge in [-0.05, 0) is 56.7 Å². The SMILES string of the molecule is N#C[C@H]1CCCN1C(=O)[C@@H]1CCCN1C(=O)c1cccc(C(=O)N2CCC[C@@H]2C(=O)c2ccccc2)c1. The second-order valence-electron chi connectivity index (χ2n) is 9.94. The second-order valence-corrected chi connectivity index (χ2v) is 9.94. The van der Waals surface area contributed by atoms with Crippen LogP contribution in [0.1, 0.15) is 69.6 Å². The summed E-state index contributed by atoms with van der Waals surface area (Å²) in [6, 6.07) is 16.2. The molecule has 3 atom stereocenters. The fourth-order valence-electron chi connectivity index (χ4n) is 5.82. The molecule has 0 spiro atoms. The van der Waals surface area contributed by atoms with Crippen LogP contribution in [0, 0.1) is 11.3 Å². The standard InChI is InChI=1S/C29H30N4O4/c30-19-23-12-5-15-31(23)29(37)25-14-7-17-33(25)28(36)22-11-4-10-21(18-22)27(35)32-16-6-13-24(32)26(34)20-8-2-1-3-9-20/h1-4,8-11,18,23-25H,5-7,12-17H2/t23-,24-,25+/m1/s1. The maximum atomic E-state index is 13.5. The molecular weight excluding hydrogens is 468 g/mol. The summed E-state index contributed by atoms with van der Waals surface area (Å²) in [5.74, 6) is -0.808. The lowest BCUT2D eigenvalue weighted by molar-refractivity contribution is -0.135. The number of Topliss-reactive ketones (excluding diaryl/α,β-unsaturated/α-hetero) is 1. The van der Waals surface area contributed by atoms with Crippen molar-refractivity contribution in [1.82, 2.24) is 14.7 Å². The number of likely N-dealkylation sites (tertiary alicyclic amines) is 3. The zero-order chi connectivity index (χ0) is 25.9. The average Bonchev–Trinajstić information content (AvgIpc) is 3.72. The Bertz CT molecular complexity index is 1250. The molecule has 3 aliphatic rings. The van der Waals surface area contributed by atoms with Crippen molar-refractivity contribution in [1.29, 1.82) is 5.26 Å². The Hall–Kier alpha value is -3.99. The number of nitriles is 1. The molecule has 3 fully saturated rings. The van der Waals surface area contributed by atoms with Gasteiger partial charge in [-0.15, -0.1) is 0 Å². The van der Waals surface area contributed by atoms with E-state index in [1.807, 2.05) is 18.2 Å². The number of hydrogen-bond acceptors (Lipinski definition) is 5. The molecule has 5 rings (SSSR count). The smallest absolute Gasteiger partial charge is 0.254 e. The third kappa shape index (κ3) is 4.74. The lowest BCUT2D eigenvalue weighted by Crippen LogP contribution is -2.49. The summed E-state index contributed by atoms with van der Waals surface area (Å²) in [7, 11) is 0. The van der Waals surface area contributed by atoms with Gasteiger partial charge in [0.25, 0.3) is 11.8 Å². The highest BCUT2D eigenvalue weighted by atomic mass is 16.2. The highest BCUT2D eigenvalue weighted by molar-refractivity contribution is 6.06. The van der Waals surface area contributed by atoms with Crippen LogP contribution in [0.25, 0.3) is 0 Å². The molecular formula is C29H30N4O4. The minimum atomic E-state index is -0.590. The topological polar surface area (TPSA) is 102 Å². The van der Waals surface area contributed by atoms with Gasteiger partial charge in [-0.2, -0.15) is 5.26 Å². The van der Waals surface area contributed by atoms with Crippen molar-refractivity contribution in [3.05, 3.63) is 71.3 Å². The molecule has 8 nitrogen and oxygen atoms in total. The van der Waals surface area contributed by atoms with Gasteiger partial charge in [-0.1, -0.05) is 36.4 Å². The Morgan fingerprint density at radius 1 is 0.676 bits per heavy atom. The van der Waals surface area contributed by atoms with E-state index in [-0.39, 0.29) is 23.5 Å². The summed E-state index contributed by atoms with van der Waals surface area (Å²) in [6.07, 6.45) is 4.08. The first-order chi connectivity index (χ1) is 18.0. The molecule has 3 aliphatic heterocycles. The summed E-state index contributed by atoms with van der Waals surface area (Å²) in [4.78, 5) is 58.0. The molecule has 37 heavy (non-hydrogen) atoms. The highest BCUT2D eigenvalue weighted by Crippen LogP contribution is 2.27. The van der Waals surface area contributed by atoms with Crippen LogP contribution in [0.15, 0.2) is 54.6 Å². The molecule has 0 aliphatic carbocycles. The number of carbonyl (C=O) groups excluding carboxylic acids is 4. The van der Waals surface area contributed by atoms with Crippen molar-refractivity contribution < 1.29 is 19.2 Å². The monoisotopic (exact) mass is 498 g/mol. The molecule has 0 saturated carbocycles. The van der Waals surface area contributed by atoms with Crippen LogP contribution in [0.3, 0.4) is 0 Å². The number of benzene rings is 2. The van der Waals surface area contributed by atoms with Crippen molar-refractivity contribution in [2.75, 3.05) is 19.6 Å². The van der Waals surface area contributed by atoms with E-state index < -0.39 is 18.1 Å². The number of ketones is 1. The third-order valence-corrected chi connectivity index (χ3v) is 7.71. The Balaban J connectivity index is 1.33. The lowest BCUT2D eigenvalue weighted by Gasteiger charge is -2.29.